The van der Waals surface area contributed by atoms with Crippen LogP contribution in [0.3, 0.4) is 0 Å². The molecule has 1 atom stereocenters. The Morgan fingerprint density at radius 3 is 2.78 bits per heavy atom. The van der Waals surface area contributed by atoms with Crippen molar-refractivity contribution >= 4 is 33.4 Å². The molecule has 3 rings (SSSR count). The SMILES string of the molecule is Cc1noc(C)c1S(=O)(=O)Nc1cccc(C2NC(=O)CS2)c1. The molecule has 1 amide bonds. The zero-order valence-corrected chi connectivity index (χ0v) is 14.1. The molecule has 1 fully saturated rings. The van der Waals surface area contributed by atoms with Crippen molar-refractivity contribution in [3.8, 4) is 0 Å². The quantitative estimate of drug-likeness (QED) is 0.871. The molecule has 0 spiro atoms. The van der Waals surface area contributed by atoms with Crippen LogP contribution in [-0.4, -0.2) is 25.2 Å². The maximum atomic E-state index is 12.5. The summed E-state index contributed by atoms with van der Waals surface area (Å²) in [6, 6.07) is 6.95. The van der Waals surface area contributed by atoms with Crippen molar-refractivity contribution in [1.82, 2.24) is 10.5 Å². The fourth-order valence-electron chi connectivity index (χ4n) is 2.40. The number of carbonyl (C=O) groups is 1. The average Bonchev–Trinajstić information content (AvgIpc) is 3.05. The summed E-state index contributed by atoms with van der Waals surface area (Å²) in [5.74, 6) is 0.617. The van der Waals surface area contributed by atoms with Gasteiger partial charge in [-0.15, -0.1) is 11.8 Å². The van der Waals surface area contributed by atoms with E-state index in [1.54, 1.807) is 32.0 Å². The Bertz CT molecular complexity index is 841. The highest BCUT2D eigenvalue weighted by Gasteiger charge is 2.26. The summed E-state index contributed by atoms with van der Waals surface area (Å²) >= 11 is 1.47. The lowest BCUT2D eigenvalue weighted by Gasteiger charge is -2.12. The topological polar surface area (TPSA) is 101 Å². The molecule has 23 heavy (non-hydrogen) atoms. The minimum absolute atomic E-state index is 0.0262. The molecule has 0 bridgehead atoms. The van der Waals surface area contributed by atoms with Crippen molar-refractivity contribution < 1.29 is 17.7 Å². The maximum Gasteiger partial charge on any atom is 0.267 e. The summed E-state index contributed by atoms with van der Waals surface area (Å²) in [5.41, 5.74) is 1.56. The Morgan fingerprint density at radius 1 is 1.39 bits per heavy atom. The highest BCUT2D eigenvalue weighted by Crippen LogP contribution is 2.32. The number of thioether (sulfide) groups is 1. The van der Waals surface area contributed by atoms with Gasteiger partial charge in [-0.1, -0.05) is 17.3 Å². The van der Waals surface area contributed by atoms with Gasteiger partial charge < -0.3 is 9.84 Å². The second kappa shape index (κ2) is 5.89. The van der Waals surface area contributed by atoms with Gasteiger partial charge in [0.2, 0.25) is 5.91 Å². The van der Waals surface area contributed by atoms with Crippen LogP contribution in [0.15, 0.2) is 33.7 Å². The summed E-state index contributed by atoms with van der Waals surface area (Å²) in [6.45, 7) is 3.13. The van der Waals surface area contributed by atoms with E-state index in [4.69, 9.17) is 4.52 Å². The van der Waals surface area contributed by atoms with Gasteiger partial charge in [0, 0.05) is 5.69 Å². The van der Waals surface area contributed by atoms with Crippen LogP contribution in [0, 0.1) is 13.8 Å². The lowest BCUT2D eigenvalue weighted by Crippen LogP contribution is -2.19. The Kier molecular flexibility index (Phi) is 4.07. The highest BCUT2D eigenvalue weighted by molar-refractivity contribution is 8.00. The van der Waals surface area contributed by atoms with Gasteiger partial charge in [-0.2, -0.15) is 0 Å². The molecule has 2 N–H and O–H groups in total. The molecule has 122 valence electrons. The number of nitrogens with one attached hydrogen (secondary N) is 2. The number of aryl methyl sites for hydroxylation is 2. The first-order valence-electron chi connectivity index (χ1n) is 6.83. The second-order valence-corrected chi connectivity index (χ2v) is 7.86. The lowest BCUT2D eigenvalue weighted by atomic mass is 10.2. The fraction of sp³-hybridized carbons (Fsp3) is 0.286. The van der Waals surface area contributed by atoms with Crippen molar-refractivity contribution in [2.75, 3.05) is 10.5 Å². The minimum Gasteiger partial charge on any atom is -0.360 e. The number of nitrogens with zero attached hydrogens (tertiary/aromatic N) is 1. The number of rotatable bonds is 4. The standard InChI is InChI=1S/C14H15N3O4S2/c1-8-13(9(2)21-16-8)23(19,20)17-11-5-3-4-10(6-11)14-15-12(18)7-22-14/h3-6,14,17H,7H2,1-2H3,(H,15,18). The van der Waals surface area contributed by atoms with Crippen LogP contribution < -0.4 is 10.0 Å². The predicted octanol–water partition coefficient (Wildman–Crippen LogP) is 1.95. The number of sulfonamides is 1. The van der Waals surface area contributed by atoms with Crippen LogP contribution in [0.4, 0.5) is 5.69 Å². The van der Waals surface area contributed by atoms with Gasteiger partial charge in [0.25, 0.3) is 10.0 Å². The Labute approximate surface area is 137 Å². The van der Waals surface area contributed by atoms with Gasteiger partial charge in [0.05, 0.1) is 5.75 Å². The molecule has 0 aliphatic carbocycles. The third kappa shape index (κ3) is 3.20. The summed E-state index contributed by atoms with van der Waals surface area (Å²) in [4.78, 5) is 11.4. The number of benzene rings is 1. The molecule has 1 aliphatic rings. The molecular weight excluding hydrogens is 338 g/mol. The molecule has 2 aromatic rings. The Balaban J connectivity index is 1.87. The maximum absolute atomic E-state index is 12.5. The Morgan fingerprint density at radius 2 is 2.17 bits per heavy atom. The lowest BCUT2D eigenvalue weighted by molar-refractivity contribution is -0.118. The highest BCUT2D eigenvalue weighted by atomic mass is 32.2. The van der Waals surface area contributed by atoms with E-state index >= 15 is 0 Å². The van der Waals surface area contributed by atoms with Crippen LogP contribution >= 0.6 is 11.8 Å². The molecule has 1 aromatic carbocycles. The largest absolute Gasteiger partial charge is 0.360 e. The summed E-state index contributed by atoms with van der Waals surface area (Å²) in [5, 5.41) is 6.33. The number of hydrogen-bond acceptors (Lipinski definition) is 6. The number of amides is 1. The monoisotopic (exact) mass is 353 g/mol. The number of hydrogen-bond donors (Lipinski definition) is 2. The van der Waals surface area contributed by atoms with E-state index in [1.165, 1.54) is 11.8 Å². The van der Waals surface area contributed by atoms with Crippen molar-refractivity contribution in [3.63, 3.8) is 0 Å². The summed E-state index contributed by atoms with van der Waals surface area (Å²) in [7, 11) is -3.78. The van der Waals surface area contributed by atoms with Gasteiger partial charge in [-0.05, 0) is 31.5 Å². The zero-order valence-electron chi connectivity index (χ0n) is 12.5. The average molecular weight is 353 g/mol. The molecule has 1 aliphatic heterocycles. The van der Waals surface area contributed by atoms with Crippen LogP contribution in [0.1, 0.15) is 22.4 Å². The van der Waals surface area contributed by atoms with Crippen LogP contribution in [-0.2, 0) is 14.8 Å². The fourth-order valence-corrected chi connectivity index (χ4v) is 4.73. The predicted molar refractivity (Wildman–Crippen MR) is 86.6 cm³/mol. The molecule has 9 heteroatoms. The molecule has 1 aromatic heterocycles. The molecule has 7 nitrogen and oxygen atoms in total. The minimum atomic E-state index is -3.78. The van der Waals surface area contributed by atoms with Crippen molar-refractivity contribution in [3.05, 3.63) is 41.3 Å². The van der Waals surface area contributed by atoms with Gasteiger partial charge in [0.1, 0.15) is 11.1 Å². The Hall–Kier alpha value is -2.00. The molecular formula is C14H15N3O4S2. The summed E-state index contributed by atoms with van der Waals surface area (Å²) in [6.07, 6.45) is 0. The van der Waals surface area contributed by atoms with Crippen molar-refractivity contribution in [2.45, 2.75) is 24.1 Å². The molecule has 1 unspecified atom stereocenters. The van der Waals surface area contributed by atoms with E-state index < -0.39 is 10.0 Å². The van der Waals surface area contributed by atoms with Gasteiger partial charge in [-0.3, -0.25) is 9.52 Å². The van der Waals surface area contributed by atoms with Crippen molar-refractivity contribution in [1.29, 1.82) is 0 Å². The smallest absolute Gasteiger partial charge is 0.267 e. The second-order valence-electron chi connectivity index (χ2n) is 5.14. The number of carbonyl (C=O) groups excluding carboxylic acids is 1. The van der Waals surface area contributed by atoms with Crippen molar-refractivity contribution in [2.24, 2.45) is 0 Å². The number of aromatic nitrogens is 1. The van der Waals surface area contributed by atoms with E-state index in [0.29, 0.717) is 17.1 Å². The zero-order chi connectivity index (χ0) is 16.6. The normalized spacial score (nSPS) is 18.0. The third-order valence-electron chi connectivity index (χ3n) is 3.35. The summed E-state index contributed by atoms with van der Waals surface area (Å²) < 4.78 is 32.4. The molecule has 2 heterocycles. The van der Waals surface area contributed by atoms with Crippen LogP contribution in [0.25, 0.3) is 0 Å². The first kappa shape index (κ1) is 15.9. The molecule has 1 saturated heterocycles. The van der Waals surface area contributed by atoms with Crippen LogP contribution in [0.5, 0.6) is 0 Å². The van der Waals surface area contributed by atoms with E-state index in [-0.39, 0.29) is 21.9 Å². The third-order valence-corrected chi connectivity index (χ3v) is 6.13. The molecule has 0 saturated carbocycles. The van der Waals surface area contributed by atoms with E-state index in [9.17, 15) is 13.2 Å². The van der Waals surface area contributed by atoms with E-state index in [2.05, 4.69) is 15.2 Å². The molecule has 0 radical (unpaired) electrons. The first-order valence-corrected chi connectivity index (χ1v) is 9.36. The number of anilines is 1. The first-order chi connectivity index (χ1) is 10.9. The van der Waals surface area contributed by atoms with E-state index in [1.807, 2.05) is 6.07 Å². The van der Waals surface area contributed by atoms with E-state index in [0.717, 1.165) is 5.56 Å². The van der Waals surface area contributed by atoms with Gasteiger partial charge in [-0.25, -0.2) is 8.42 Å². The van der Waals surface area contributed by atoms with Crippen LogP contribution in [0.2, 0.25) is 0 Å². The van der Waals surface area contributed by atoms with Gasteiger partial charge >= 0.3 is 0 Å². The van der Waals surface area contributed by atoms with Gasteiger partial charge in [0.15, 0.2) is 10.7 Å².